The van der Waals surface area contributed by atoms with E-state index >= 15 is 0 Å². The van der Waals surface area contributed by atoms with Gasteiger partial charge in [0.1, 0.15) is 5.82 Å². The molecule has 0 bridgehead atoms. The molecular formula is C11H11F2. The third-order valence-electron chi connectivity index (χ3n) is 1.85. The molecule has 0 aromatic heterocycles. The molecule has 1 aromatic rings. The average Bonchev–Trinajstić information content (AvgIpc) is 2.15. The van der Waals surface area contributed by atoms with Gasteiger partial charge in [0.05, 0.1) is 6.67 Å². The standard InChI is InChI=1S/C11H11F2/c1-3-9-4-10(8(2)7-12)6-11(13)5-9/h3-6H,1,7H2,2H3. The van der Waals surface area contributed by atoms with Gasteiger partial charge in [-0.1, -0.05) is 25.6 Å². The van der Waals surface area contributed by atoms with Crippen LogP contribution in [0.4, 0.5) is 8.78 Å². The summed E-state index contributed by atoms with van der Waals surface area (Å²) in [5, 5.41) is 0. The summed E-state index contributed by atoms with van der Waals surface area (Å²) >= 11 is 0. The number of rotatable bonds is 3. The highest BCUT2D eigenvalue weighted by molar-refractivity contribution is 5.50. The Bertz CT molecular complexity index is 305. The summed E-state index contributed by atoms with van der Waals surface area (Å²) < 4.78 is 25.2. The van der Waals surface area contributed by atoms with Crippen molar-refractivity contribution in [3.8, 4) is 0 Å². The second kappa shape index (κ2) is 4.17. The van der Waals surface area contributed by atoms with Gasteiger partial charge in [-0.05, 0) is 23.3 Å². The Balaban J connectivity index is 3.07. The largest absolute Gasteiger partial charge is 0.250 e. The van der Waals surface area contributed by atoms with E-state index in [4.69, 9.17) is 0 Å². The van der Waals surface area contributed by atoms with E-state index in [1.54, 1.807) is 13.0 Å². The van der Waals surface area contributed by atoms with Crippen LogP contribution >= 0.6 is 0 Å². The molecule has 0 atom stereocenters. The van der Waals surface area contributed by atoms with Gasteiger partial charge in [0.2, 0.25) is 0 Å². The maximum absolute atomic E-state index is 12.9. The van der Waals surface area contributed by atoms with Crippen molar-refractivity contribution in [2.24, 2.45) is 0 Å². The highest BCUT2D eigenvalue weighted by atomic mass is 19.1. The van der Waals surface area contributed by atoms with Gasteiger partial charge >= 0.3 is 0 Å². The van der Waals surface area contributed by atoms with Crippen LogP contribution < -0.4 is 0 Å². The highest BCUT2D eigenvalue weighted by Gasteiger charge is 2.07. The third kappa shape index (κ3) is 2.38. The minimum atomic E-state index is -0.556. The van der Waals surface area contributed by atoms with Gasteiger partial charge in [-0.3, -0.25) is 4.39 Å². The number of hydrogen-bond donors (Lipinski definition) is 0. The Morgan fingerprint density at radius 1 is 1.46 bits per heavy atom. The molecule has 1 radical (unpaired) electrons. The molecule has 0 saturated heterocycles. The van der Waals surface area contributed by atoms with Crippen LogP contribution in [-0.2, 0) is 0 Å². The molecular weight excluding hydrogens is 170 g/mol. The topological polar surface area (TPSA) is 0 Å². The van der Waals surface area contributed by atoms with Gasteiger partial charge in [0.15, 0.2) is 0 Å². The molecule has 0 aliphatic rings. The molecule has 0 heterocycles. The second-order valence-electron chi connectivity index (χ2n) is 2.89. The molecule has 69 valence electrons. The van der Waals surface area contributed by atoms with Gasteiger partial charge in [-0.15, -0.1) is 0 Å². The van der Waals surface area contributed by atoms with E-state index in [0.29, 0.717) is 17.0 Å². The fraction of sp³-hybridized carbons (Fsp3) is 0.182. The summed E-state index contributed by atoms with van der Waals surface area (Å²) in [5.74, 6) is 0.169. The van der Waals surface area contributed by atoms with Crippen LogP contribution in [0, 0.1) is 11.7 Å². The van der Waals surface area contributed by atoms with Crippen LogP contribution in [0.25, 0.3) is 6.08 Å². The zero-order valence-corrected chi connectivity index (χ0v) is 7.48. The lowest BCUT2D eigenvalue weighted by molar-refractivity contribution is 0.515. The summed E-state index contributed by atoms with van der Waals surface area (Å²) in [4.78, 5) is 0. The average molecular weight is 181 g/mol. The van der Waals surface area contributed by atoms with E-state index in [2.05, 4.69) is 6.58 Å². The van der Waals surface area contributed by atoms with E-state index in [1.165, 1.54) is 18.2 Å². The summed E-state index contributed by atoms with van der Waals surface area (Å²) in [6, 6.07) is 4.40. The first-order chi connectivity index (χ1) is 6.17. The molecule has 1 rings (SSSR count). The summed E-state index contributed by atoms with van der Waals surface area (Å²) in [6.07, 6.45) is 1.54. The lowest BCUT2D eigenvalue weighted by Crippen LogP contribution is -1.97. The molecule has 0 saturated carbocycles. The first kappa shape index (κ1) is 9.90. The van der Waals surface area contributed by atoms with Crippen LogP contribution in [0.1, 0.15) is 18.1 Å². The van der Waals surface area contributed by atoms with Gasteiger partial charge in [-0.2, -0.15) is 0 Å². The van der Waals surface area contributed by atoms with Crippen LogP contribution in [0.3, 0.4) is 0 Å². The van der Waals surface area contributed by atoms with Gasteiger partial charge in [0, 0.05) is 5.92 Å². The molecule has 0 amide bonds. The predicted octanol–water partition coefficient (Wildman–Crippen LogP) is 3.38. The van der Waals surface area contributed by atoms with Crippen LogP contribution in [-0.4, -0.2) is 6.67 Å². The van der Waals surface area contributed by atoms with Crippen molar-refractivity contribution >= 4 is 6.08 Å². The Morgan fingerprint density at radius 3 is 2.69 bits per heavy atom. The highest BCUT2D eigenvalue weighted by Crippen LogP contribution is 2.18. The molecule has 0 N–H and O–H groups in total. The molecule has 0 aliphatic carbocycles. The van der Waals surface area contributed by atoms with Crippen LogP contribution in [0.15, 0.2) is 24.8 Å². The van der Waals surface area contributed by atoms with E-state index in [1.807, 2.05) is 0 Å². The van der Waals surface area contributed by atoms with Crippen molar-refractivity contribution in [3.05, 3.63) is 47.6 Å². The first-order valence-corrected chi connectivity index (χ1v) is 3.99. The van der Waals surface area contributed by atoms with Crippen molar-refractivity contribution in [3.63, 3.8) is 0 Å². The normalized spacial score (nSPS) is 10.5. The number of hydrogen-bond acceptors (Lipinski definition) is 0. The van der Waals surface area contributed by atoms with Crippen molar-refractivity contribution in [2.75, 3.05) is 6.67 Å². The monoisotopic (exact) mass is 181 g/mol. The van der Waals surface area contributed by atoms with E-state index in [-0.39, 0.29) is 5.82 Å². The molecule has 2 heteroatoms. The number of alkyl halides is 1. The Morgan fingerprint density at radius 2 is 2.15 bits per heavy atom. The van der Waals surface area contributed by atoms with Gasteiger partial charge < -0.3 is 0 Å². The SMILES string of the molecule is C=Cc1cc(F)cc([C](C)CF)c1. The van der Waals surface area contributed by atoms with Crippen molar-refractivity contribution in [1.29, 1.82) is 0 Å². The fourth-order valence-corrected chi connectivity index (χ4v) is 1.05. The van der Waals surface area contributed by atoms with E-state index in [9.17, 15) is 8.78 Å². The Labute approximate surface area is 76.9 Å². The smallest absolute Gasteiger partial charge is 0.124 e. The maximum atomic E-state index is 12.9. The summed E-state index contributed by atoms with van der Waals surface area (Å²) in [6.45, 7) is 4.61. The summed E-state index contributed by atoms with van der Waals surface area (Å²) in [7, 11) is 0. The molecule has 0 spiro atoms. The second-order valence-corrected chi connectivity index (χ2v) is 2.89. The van der Waals surface area contributed by atoms with Gasteiger partial charge in [0.25, 0.3) is 0 Å². The predicted molar refractivity (Wildman–Crippen MR) is 50.5 cm³/mol. The lowest BCUT2D eigenvalue weighted by atomic mass is 10.00. The molecule has 0 aliphatic heterocycles. The van der Waals surface area contributed by atoms with E-state index < -0.39 is 6.67 Å². The van der Waals surface area contributed by atoms with Crippen molar-refractivity contribution in [1.82, 2.24) is 0 Å². The third-order valence-corrected chi connectivity index (χ3v) is 1.85. The zero-order chi connectivity index (χ0) is 9.84. The Hall–Kier alpha value is -1.18. The lowest BCUT2D eigenvalue weighted by Gasteiger charge is -2.07. The molecule has 0 unspecified atom stereocenters. The molecule has 1 aromatic carbocycles. The van der Waals surface area contributed by atoms with Gasteiger partial charge in [-0.25, -0.2) is 4.39 Å². The van der Waals surface area contributed by atoms with E-state index in [0.717, 1.165) is 0 Å². The number of halogens is 2. The minimum absolute atomic E-state index is 0.361. The fourth-order valence-electron chi connectivity index (χ4n) is 1.05. The van der Waals surface area contributed by atoms with Crippen LogP contribution in [0.5, 0.6) is 0 Å². The Kier molecular flexibility index (Phi) is 3.18. The van der Waals surface area contributed by atoms with Crippen molar-refractivity contribution in [2.45, 2.75) is 6.92 Å². The minimum Gasteiger partial charge on any atom is -0.250 e. The number of benzene rings is 1. The molecule has 13 heavy (non-hydrogen) atoms. The quantitative estimate of drug-likeness (QED) is 0.670. The van der Waals surface area contributed by atoms with Crippen molar-refractivity contribution < 1.29 is 8.78 Å². The first-order valence-electron chi connectivity index (χ1n) is 3.99. The summed E-state index contributed by atoms with van der Waals surface area (Å²) in [5.41, 5.74) is 1.26. The molecule has 0 nitrogen and oxygen atoms in total. The molecule has 0 fully saturated rings. The van der Waals surface area contributed by atoms with Crippen LogP contribution in [0.2, 0.25) is 0 Å². The zero-order valence-electron chi connectivity index (χ0n) is 7.48. The maximum Gasteiger partial charge on any atom is 0.124 e.